The molecular formula is C23H32O6. The molecule has 0 spiro atoms. The maximum absolute atomic E-state index is 12.9. The highest BCUT2D eigenvalue weighted by Crippen LogP contribution is 2.60. The minimum atomic E-state index is -0.869. The molecule has 0 aliphatic heterocycles. The predicted octanol–water partition coefficient (Wildman–Crippen LogP) is 3.56. The molecule has 0 heterocycles. The average Bonchev–Trinajstić information content (AvgIpc) is 2.46. The fourth-order valence-electron chi connectivity index (χ4n) is 5.40. The van der Waals surface area contributed by atoms with Crippen LogP contribution in [0.5, 0.6) is 0 Å². The Morgan fingerprint density at radius 2 is 1.34 bits per heavy atom. The van der Waals surface area contributed by atoms with E-state index in [0.717, 1.165) is 25.2 Å². The monoisotopic (exact) mass is 404 g/mol. The molecule has 0 radical (unpaired) electrons. The lowest BCUT2D eigenvalue weighted by molar-refractivity contribution is -0.233. The van der Waals surface area contributed by atoms with Crippen LogP contribution < -0.4 is 0 Å². The molecule has 0 atom stereocenters. The van der Waals surface area contributed by atoms with Crippen molar-refractivity contribution in [3.63, 3.8) is 0 Å². The third-order valence-electron chi connectivity index (χ3n) is 6.57. The molecule has 6 nitrogen and oxygen atoms in total. The van der Waals surface area contributed by atoms with Crippen LogP contribution in [0.25, 0.3) is 0 Å². The zero-order valence-corrected chi connectivity index (χ0v) is 18.3. The Bertz CT molecular complexity index is 761. The molecule has 4 fully saturated rings. The first-order chi connectivity index (χ1) is 13.1. The van der Waals surface area contributed by atoms with E-state index in [1.807, 2.05) is 26.7 Å². The Morgan fingerprint density at radius 1 is 0.897 bits per heavy atom. The summed E-state index contributed by atoms with van der Waals surface area (Å²) in [4.78, 5) is 37.0. The Morgan fingerprint density at radius 3 is 1.76 bits per heavy atom. The Balaban J connectivity index is 1.54. The van der Waals surface area contributed by atoms with Crippen molar-refractivity contribution in [2.45, 2.75) is 96.9 Å². The van der Waals surface area contributed by atoms with Gasteiger partial charge >= 0.3 is 17.9 Å². The summed E-state index contributed by atoms with van der Waals surface area (Å²) in [6, 6.07) is 0. The van der Waals surface area contributed by atoms with Gasteiger partial charge in [0.05, 0.1) is 10.8 Å². The quantitative estimate of drug-likeness (QED) is 0.279. The van der Waals surface area contributed by atoms with Crippen molar-refractivity contribution in [3.8, 4) is 12.3 Å². The van der Waals surface area contributed by atoms with E-state index in [1.165, 1.54) is 0 Å². The van der Waals surface area contributed by atoms with Crippen LogP contribution in [0, 0.1) is 29.1 Å². The van der Waals surface area contributed by atoms with Crippen LogP contribution >= 0.6 is 0 Å². The second-order valence-corrected chi connectivity index (χ2v) is 11.2. The van der Waals surface area contributed by atoms with Gasteiger partial charge in [-0.25, -0.2) is 4.79 Å². The molecule has 29 heavy (non-hydrogen) atoms. The molecule has 4 saturated carbocycles. The van der Waals surface area contributed by atoms with E-state index in [1.54, 1.807) is 20.8 Å². The summed E-state index contributed by atoms with van der Waals surface area (Å²) in [6.45, 7) is 10.8. The van der Waals surface area contributed by atoms with Gasteiger partial charge in [0.2, 0.25) is 0 Å². The molecule has 0 aromatic heterocycles. The van der Waals surface area contributed by atoms with Crippen LogP contribution in [0.3, 0.4) is 0 Å². The van der Waals surface area contributed by atoms with Crippen molar-refractivity contribution >= 4 is 17.9 Å². The zero-order valence-electron chi connectivity index (χ0n) is 18.3. The van der Waals surface area contributed by atoms with Crippen molar-refractivity contribution in [2.75, 3.05) is 0 Å². The van der Waals surface area contributed by atoms with E-state index in [2.05, 4.69) is 0 Å². The van der Waals surface area contributed by atoms with Crippen molar-refractivity contribution in [3.05, 3.63) is 0 Å². The molecule has 6 heteroatoms. The van der Waals surface area contributed by atoms with Crippen LogP contribution in [0.1, 0.15) is 80.1 Å². The molecular weight excluding hydrogens is 372 g/mol. The van der Waals surface area contributed by atoms with Gasteiger partial charge in [0.25, 0.3) is 0 Å². The first-order valence-corrected chi connectivity index (χ1v) is 10.3. The molecule has 4 aliphatic carbocycles. The van der Waals surface area contributed by atoms with Crippen LogP contribution in [0.15, 0.2) is 0 Å². The minimum Gasteiger partial charge on any atom is -0.459 e. The number of carbonyl (C=O) groups is 3. The number of terminal acetylenes is 1. The summed E-state index contributed by atoms with van der Waals surface area (Å²) in [6.07, 6.45) is 9.05. The maximum Gasteiger partial charge on any atom is 0.384 e. The van der Waals surface area contributed by atoms with E-state index in [4.69, 9.17) is 20.6 Å². The summed E-state index contributed by atoms with van der Waals surface area (Å²) in [7, 11) is 0. The molecule has 4 rings (SSSR count). The van der Waals surface area contributed by atoms with E-state index in [-0.39, 0.29) is 17.5 Å². The normalized spacial score (nSPS) is 35.1. The van der Waals surface area contributed by atoms with Gasteiger partial charge < -0.3 is 14.2 Å². The molecule has 0 saturated heterocycles. The van der Waals surface area contributed by atoms with E-state index >= 15 is 0 Å². The average molecular weight is 405 g/mol. The fraction of sp³-hybridized carbons (Fsp3) is 0.783. The highest BCUT2D eigenvalue weighted by atomic mass is 16.6. The Kier molecular flexibility index (Phi) is 4.85. The van der Waals surface area contributed by atoms with E-state index < -0.39 is 28.0 Å². The third kappa shape index (κ3) is 4.15. The SMILES string of the molecule is C#CC(=O)OC1(C)CC(C)(OC(=O)C(C)(C)CC(C)(C)C(=O)OC23CC(C2)C3)C1. The van der Waals surface area contributed by atoms with Crippen molar-refractivity contribution in [1.29, 1.82) is 0 Å². The lowest BCUT2D eigenvalue weighted by Crippen LogP contribution is -2.61. The summed E-state index contributed by atoms with van der Waals surface area (Å²) >= 11 is 0. The van der Waals surface area contributed by atoms with Gasteiger partial charge in [-0.2, -0.15) is 0 Å². The minimum absolute atomic E-state index is 0.233. The van der Waals surface area contributed by atoms with Gasteiger partial charge in [0.1, 0.15) is 16.8 Å². The molecule has 2 bridgehead atoms. The highest BCUT2D eigenvalue weighted by Gasteiger charge is 2.61. The fourth-order valence-corrected chi connectivity index (χ4v) is 5.40. The van der Waals surface area contributed by atoms with Gasteiger partial charge in [0.15, 0.2) is 0 Å². The number of ether oxygens (including phenoxy) is 3. The summed E-state index contributed by atoms with van der Waals surface area (Å²) < 4.78 is 16.8. The summed E-state index contributed by atoms with van der Waals surface area (Å²) in [5.41, 5.74) is -3.35. The predicted molar refractivity (Wildman–Crippen MR) is 105 cm³/mol. The highest BCUT2D eigenvalue weighted by molar-refractivity contribution is 5.88. The van der Waals surface area contributed by atoms with Crippen molar-refractivity contribution in [2.24, 2.45) is 16.7 Å². The summed E-state index contributed by atoms with van der Waals surface area (Å²) in [5, 5.41) is 0. The maximum atomic E-state index is 12.9. The molecule has 4 aliphatic rings. The third-order valence-corrected chi connectivity index (χ3v) is 6.57. The second-order valence-electron chi connectivity index (χ2n) is 11.2. The number of hydrogen-bond acceptors (Lipinski definition) is 6. The van der Waals surface area contributed by atoms with Crippen LogP contribution in [-0.2, 0) is 28.6 Å². The van der Waals surface area contributed by atoms with Crippen LogP contribution in [0.4, 0.5) is 0 Å². The number of esters is 3. The van der Waals surface area contributed by atoms with E-state index in [9.17, 15) is 14.4 Å². The van der Waals surface area contributed by atoms with Crippen molar-refractivity contribution in [1.82, 2.24) is 0 Å². The van der Waals surface area contributed by atoms with Crippen LogP contribution in [-0.4, -0.2) is 34.7 Å². The smallest absolute Gasteiger partial charge is 0.384 e. The van der Waals surface area contributed by atoms with Gasteiger partial charge in [-0.15, -0.1) is 6.42 Å². The standard InChI is InChI=1S/C23H32O6/c1-8-16(24)27-21(6)13-22(7,14-21)28-17(25)19(2,3)12-20(4,5)18(26)29-23-9-15(10-23)11-23/h1,15H,9-14H2,2-7H3. The van der Waals surface area contributed by atoms with Gasteiger partial charge in [-0.1, -0.05) is 0 Å². The molecule has 0 N–H and O–H groups in total. The number of rotatable bonds is 7. The van der Waals surface area contributed by atoms with Gasteiger partial charge in [0, 0.05) is 18.8 Å². The van der Waals surface area contributed by atoms with Gasteiger partial charge in [-0.05, 0) is 73.1 Å². The second kappa shape index (κ2) is 6.48. The van der Waals surface area contributed by atoms with Gasteiger partial charge in [-0.3, -0.25) is 9.59 Å². The molecule has 0 aromatic rings. The molecule has 0 unspecified atom stereocenters. The van der Waals surface area contributed by atoms with Crippen LogP contribution in [0.2, 0.25) is 0 Å². The first kappa shape index (κ1) is 21.7. The first-order valence-electron chi connectivity index (χ1n) is 10.3. The van der Waals surface area contributed by atoms with E-state index in [0.29, 0.717) is 19.3 Å². The number of hydrogen-bond donors (Lipinski definition) is 0. The van der Waals surface area contributed by atoms with Crippen molar-refractivity contribution < 1.29 is 28.6 Å². The topological polar surface area (TPSA) is 78.9 Å². The Labute approximate surface area is 173 Å². The Hall–Kier alpha value is -2.03. The summed E-state index contributed by atoms with van der Waals surface area (Å²) in [5.74, 6) is 1.32. The largest absolute Gasteiger partial charge is 0.459 e. The molecule has 160 valence electrons. The zero-order chi connectivity index (χ0) is 21.9. The lowest BCUT2D eigenvalue weighted by atomic mass is 9.52. The molecule has 0 aromatic carbocycles. The molecule has 0 amide bonds. The number of carbonyl (C=O) groups excluding carboxylic acids is 3. The lowest BCUT2D eigenvalue weighted by Gasteiger charge is -2.60.